The number of nitrogens with one attached hydrogen (secondary N) is 1. The normalized spacial score (nSPS) is 13.1. The lowest BCUT2D eigenvalue weighted by atomic mass is 10.1. The van der Waals surface area contributed by atoms with Crippen LogP contribution in [0.4, 0.5) is 22.0 Å². The molecule has 0 aromatic heterocycles. The van der Waals surface area contributed by atoms with Gasteiger partial charge in [-0.2, -0.15) is 27.2 Å². The van der Waals surface area contributed by atoms with Gasteiger partial charge in [0.15, 0.2) is 0 Å². The summed E-state index contributed by atoms with van der Waals surface area (Å²) >= 11 is 0. The van der Waals surface area contributed by atoms with Gasteiger partial charge in [-0.15, -0.1) is 0 Å². The smallest absolute Gasteiger partial charge is 0.401 e. The number of nitriles is 1. The molecule has 8 heteroatoms. The molecule has 1 unspecified atom stereocenters. The van der Waals surface area contributed by atoms with Crippen molar-refractivity contribution >= 4 is 0 Å². The van der Waals surface area contributed by atoms with Crippen LogP contribution in [0.25, 0.3) is 0 Å². The molecule has 1 aromatic rings. The summed E-state index contributed by atoms with van der Waals surface area (Å²) in [4.78, 5) is 0. The van der Waals surface area contributed by atoms with Crippen LogP contribution in [-0.2, 0) is 0 Å². The highest BCUT2D eigenvalue weighted by atomic mass is 19.4. The van der Waals surface area contributed by atoms with Crippen molar-refractivity contribution in [1.29, 1.82) is 5.26 Å². The fraction of sp³-hybridized carbons (Fsp3) is 0.364. The lowest BCUT2D eigenvalue weighted by Gasteiger charge is -2.14. The zero-order valence-electron chi connectivity index (χ0n) is 9.42. The van der Waals surface area contributed by atoms with Crippen LogP contribution >= 0.6 is 0 Å². The molecule has 1 rings (SSSR count). The summed E-state index contributed by atoms with van der Waals surface area (Å²) in [5, 5.41) is 10.8. The Balaban J connectivity index is 2.69. The summed E-state index contributed by atoms with van der Waals surface area (Å²) in [5.41, 5.74) is 0.230. The van der Waals surface area contributed by atoms with Gasteiger partial charge in [-0.3, -0.25) is 5.32 Å². The van der Waals surface area contributed by atoms with Gasteiger partial charge in [0.2, 0.25) is 0 Å². The molecule has 0 fully saturated rings. The second-order valence-electron chi connectivity index (χ2n) is 3.51. The molecule has 1 N–H and O–H groups in total. The van der Waals surface area contributed by atoms with E-state index in [9.17, 15) is 22.0 Å². The van der Waals surface area contributed by atoms with E-state index < -0.39 is 25.4 Å². The maximum absolute atomic E-state index is 12.0. The van der Waals surface area contributed by atoms with Crippen molar-refractivity contribution in [2.75, 3.05) is 6.54 Å². The van der Waals surface area contributed by atoms with Crippen molar-refractivity contribution in [2.24, 2.45) is 0 Å². The van der Waals surface area contributed by atoms with E-state index in [2.05, 4.69) is 4.74 Å². The monoisotopic (exact) mass is 280 g/mol. The van der Waals surface area contributed by atoms with E-state index in [1.165, 1.54) is 12.1 Å². The Hall–Kier alpha value is -1.88. The maximum atomic E-state index is 12.0. The summed E-state index contributed by atoms with van der Waals surface area (Å²) < 4.78 is 63.9. The highest BCUT2D eigenvalue weighted by molar-refractivity contribution is 5.31. The molecular weight excluding hydrogens is 271 g/mol. The Bertz CT molecular complexity index is 438. The average molecular weight is 280 g/mol. The van der Waals surface area contributed by atoms with Crippen LogP contribution in [0, 0.1) is 11.3 Å². The molecular formula is C11H9F5N2O. The molecule has 19 heavy (non-hydrogen) atoms. The molecule has 0 amide bonds. The zero-order chi connectivity index (χ0) is 14.5. The minimum atomic E-state index is -4.44. The molecule has 3 nitrogen and oxygen atoms in total. The molecule has 0 saturated carbocycles. The molecule has 0 spiro atoms. The molecule has 0 aliphatic rings. The molecule has 0 aliphatic heterocycles. The summed E-state index contributed by atoms with van der Waals surface area (Å²) in [7, 11) is 0. The van der Waals surface area contributed by atoms with E-state index in [1.54, 1.807) is 6.07 Å². The lowest BCUT2D eigenvalue weighted by Crippen LogP contribution is -2.31. The number of halogens is 5. The van der Waals surface area contributed by atoms with Crippen molar-refractivity contribution in [3.63, 3.8) is 0 Å². The highest BCUT2D eigenvalue weighted by Crippen LogP contribution is 2.20. The van der Waals surface area contributed by atoms with Crippen LogP contribution in [0.2, 0.25) is 0 Å². The Labute approximate surface area is 105 Å². The number of hydrogen-bond donors (Lipinski definition) is 1. The van der Waals surface area contributed by atoms with Crippen LogP contribution in [0.15, 0.2) is 24.3 Å². The standard InChI is InChI=1S/C11H9F5N2O/c12-10(13)19-8-3-1-7(2-4-8)9(5-17)18-6-11(14,15)16/h1-4,9-10,18H,6H2. The fourth-order valence-electron chi connectivity index (χ4n) is 1.30. The van der Waals surface area contributed by atoms with Crippen molar-refractivity contribution in [3.8, 4) is 11.8 Å². The van der Waals surface area contributed by atoms with Crippen molar-refractivity contribution < 1.29 is 26.7 Å². The van der Waals surface area contributed by atoms with Crippen LogP contribution in [0.3, 0.4) is 0 Å². The average Bonchev–Trinajstić information content (AvgIpc) is 2.29. The molecule has 0 heterocycles. The van der Waals surface area contributed by atoms with Crippen molar-refractivity contribution in [1.82, 2.24) is 5.32 Å². The second kappa shape index (κ2) is 6.33. The van der Waals surface area contributed by atoms with Gasteiger partial charge < -0.3 is 4.74 Å². The first kappa shape index (κ1) is 15.2. The summed E-state index contributed by atoms with van der Waals surface area (Å²) in [6.45, 7) is -4.30. The van der Waals surface area contributed by atoms with Gasteiger partial charge in [0.1, 0.15) is 11.8 Å². The van der Waals surface area contributed by atoms with Gasteiger partial charge >= 0.3 is 12.8 Å². The highest BCUT2D eigenvalue weighted by Gasteiger charge is 2.28. The quantitative estimate of drug-likeness (QED) is 0.843. The van der Waals surface area contributed by atoms with E-state index in [4.69, 9.17) is 5.26 Å². The number of alkyl halides is 5. The zero-order valence-corrected chi connectivity index (χ0v) is 9.42. The van der Waals surface area contributed by atoms with Gasteiger partial charge in [-0.05, 0) is 17.7 Å². The number of benzene rings is 1. The van der Waals surface area contributed by atoms with E-state index >= 15 is 0 Å². The van der Waals surface area contributed by atoms with Crippen LogP contribution in [0.5, 0.6) is 5.75 Å². The molecule has 1 atom stereocenters. The number of hydrogen-bond acceptors (Lipinski definition) is 3. The van der Waals surface area contributed by atoms with Crippen LogP contribution in [0.1, 0.15) is 11.6 Å². The predicted molar refractivity (Wildman–Crippen MR) is 55.5 cm³/mol. The van der Waals surface area contributed by atoms with Gasteiger partial charge in [-0.1, -0.05) is 12.1 Å². The molecule has 104 valence electrons. The van der Waals surface area contributed by atoms with Crippen LogP contribution < -0.4 is 10.1 Å². The Kier molecular flexibility index (Phi) is 5.06. The first-order valence-corrected chi connectivity index (χ1v) is 5.06. The van der Waals surface area contributed by atoms with Gasteiger partial charge in [0, 0.05) is 0 Å². The largest absolute Gasteiger partial charge is 0.435 e. The lowest BCUT2D eigenvalue weighted by molar-refractivity contribution is -0.125. The number of ether oxygens (including phenoxy) is 1. The first-order valence-electron chi connectivity index (χ1n) is 5.06. The fourth-order valence-corrected chi connectivity index (χ4v) is 1.30. The minimum absolute atomic E-state index is 0.133. The molecule has 0 saturated heterocycles. The van der Waals surface area contributed by atoms with Crippen molar-refractivity contribution in [3.05, 3.63) is 29.8 Å². The molecule has 0 bridgehead atoms. The Morgan fingerprint density at radius 3 is 2.21 bits per heavy atom. The third-order valence-corrected chi connectivity index (χ3v) is 2.07. The number of rotatable bonds is 5. The van der Waals surface area contributed by atoms with E-state index in [0.717, 1.165) is 12.1 Å². The maximum Gasteiger partial charge on any atom is 0.401 e. The Morgan fingerprint density at radius 2 is 1.79 bits per heavy atom. The first-order chi connectivity index (χ1) is 8.81. The predicted octanol–water partition coefficient (Wildman–Crippen LogP) is 3.00. The van der Waals surface area contributed by atoms with Gasteiger partial charge in [0.25, 0.3) is 0 Å². The Morgan fingerprint density at radius 1 is 1.21 bits per heavy atom. The van der Waals surface area contributed by atoms with Crippen molar-refractivity contribution in [2.45, 2.75) is 18.8 Å². The molecule has 0 aliphatic carbocycles. The summed E-state index contributed by atoms with van der Waals surface area (Å²) in [6.07, 6.45) is -4.44. The van der Waals surface area contributed by atoms with Gasteiger partial charge in [-0.25, -0.2) is 0 Å². The SMILES string of the molecule is N#CC(NCC(F)(F)F)c1ccc(OC(F)F)cc1. The third kappa shape index (κ3) is 5.52. The summed E-state index contributed by atoms with van der Waals surface area (Å²) in [5.74, 6) is -0.133. The molecule has 0 radical (unpaired) electrons. The second-order valence-corrected chi connectivity index (χ2v) is 3.51. The number of nitrogens with zero attached hydrogens (tertiary/aromatic N) is 1. The third-order valence-electron chi connectivity index (χ3n) is 2.07. The van der Waals surface area contributed by atoms with E-state index in [-0.39, 0.29) is 11.3 Å². The molecule has 1 aromatic carbocycles. The summed E-state index contributed by atoms with van der Waals surface area (Å²) in [6, 6.07) is 5.27. The van der Waals surface area contributed by atoms with E-state index in [1.807, 2.05) is 5.32 Å². The van der Waals surface area contributed by atoms with E-state index in [0.29, 0.717) is 0 Å². The topological polar surface area (TPSA) is 45.0 Å². The van der Waals surface area contributed by atoms with Gasteiger partial charge in [0.05, 0.1) is 12.6 Å². The minimum Gasteiger partial charge on any atom is -0.435 e. The van der Waals surface area contributed by atoms with Crippen LogP contribution in [-0.4, -0.2) is 19.3 Å².